The molecule has 0 aliphatic rings. The smallest absolute Gasteiger partial charge is 0.313 e. The SMILES string of the molecule is C=C(CNCC)COc1c(I)cc(C#N)cc1[N+](=O)[O-]. The number of nitrogens with zero attached hydrogens (tertiary/aromatic N) is 2. The maximum atomic E-state index is 11.0. The minimum atomic E-state index is -0.550. The lowest BCUT2D eigenvalue weighted by Crippen LogP contribution is -2.19. The van der Waals surface area contributed by atoms with Crippen molar-refractivity contribution in [2.75, 3.05) is 19.7 Å². The lowest BCUT2D eigenvalue weighted by molar-refractivity contribution is -0.385. The molecule has 0 aliphatic carbocycles. The highest BCUT2D eigenvalue weighted by Gasteiger charge is 2.20. The third kappa shape index (κ3) is 4.47. The highest BCUT2D eigenvalue weighted by atomic mass is 127. The zero-order valence-corrected chi connectivity index (χ0v) is 13.1. The van der Waals surface area contributed by atoms with Crippen LogP contribution in [0.2, 0.25) is 0 Å². The molecular formula is C13H14IN3O3. The zero-order valence-electron chi connectivity index (χ0n) is 11.0. The van der Waals surface area contributed by atoms with Gasteiger partial charge < -0.3 is 10.1 Å². The van der Waals surface area contributed by atoms with Gasteiger partial charge in [0.05, 0.1) is 20.1 Å². The third-order valence-corrected chi connectivity index (χ3v) is 3.20. The highest BCUT2D eigenvalue weighted by Crippen LogP contribution is 2.33. The molecule has 0 amide bonds. The fraction of sp³-hybridized carbons (Fsp3) is 0.308. The first kappa shape index (κ1) is 16.4. The Morgan fingerprint density at radius 3 is 2.90 bits per heavy atom. The maximum absolute atomic E-state index is 11.0. The van der Waals surface area contributed by atoms with Gasteiger partial charge in [-0.25, -0.2) is 0 Å². The summed E-state index contributed by atoms with van der Waals surface area (Å²) in [6, 6.07) is 4.66. The van der Waals surface area contributed by atoms with Gasteiger partial charge in [0.1, 0.15) is 6.61 Å². The van der Waals surface area contributed by atoms with E-state index in [4.69, 9.17) is 10.00 Å². The summed E-state index contributed by atoms with van der Waals surface area (Å²) in [6.45, 7) is 7.41. The molecule has 6 nitrogen and oxygen atoms in total. The average molecular weight is 387 g/mol. The van der Waals surface area contributed by atoms with Crippen molar-refractivity contribution in [1.29, 1.82) is 5.26 Å². The number of hydrogen-bond donors (Lipinski definition) is 1. The van der Waals surface area contributed by atoms with E-state index in [0.29, 0.717) is 10.1 Å². The van der Waals surface area contributed by atoms with Crippen molar-refractivity contribution in [1.82, 2.24) is 5.32 Å². The summed E-state index contributed by atoms with van der Waals surface area (Å²) in [6.07, 6.45) is 0. The normalized spacial score (nSPS) is 9.85. The summed E-state index contributed by atoms with van der Waals surface area (Å²) in [5, 5.41) is 23.0. The van der Waals surface area contributed by atoms with Crippen molar-refractivity contribution < 1.29 is 9.66 Å². The van der Waals surface area contributed by atoms with Crippen LogP contribution in [0.15, 0.2) is 24.3 Å². The number of nitrogens with one attached hydrogen (secondary N) is 1. The first-order valence-corrected chi connectivity index (χ1v) is 6.95. The van der Waals surface area contributed by atoms with Crippen molar-refractivity contribution in [3.05, 3.63) is 43.5 Å². The molecule has 0 fully saturated rings. The standard InChI is InChI=1S/C13H14IN3O3/c1-3-16-7-9(2)8-20-13-11(14)4-10(6-15)5-12(13)17(18)19/h4-5,16H,2-3,7-8H2,1H3. The van der Waals surface area contributed by atoms with Crippen LogP contribution in [0.1, 0.15) is 12.5 Å². The number of ether oxygens (including phenoxy) is 1. The third-order valence-electron chi connectivity index (χ3n) is 2.40. The first-order valence-electron chi connectivity index (χ1n) is 5.87. The van der Waals surface area contributed by atoms with Crippen molar-refractivity contribution in [2.45, 2.75) is 6.92 Å². The number of hydrogen-bond acceptors (Lipinski definition) is 5. The Morgan fingerprint density at radius 1 is 1.65 bits per heavy atom. The second kappa shape index (κ2) is 7.81. The summed E-state index contributed by atoms with van der Waals surface area (Å²) in [7, 11) is 0. The van der Waals surface area contributed by atoms with E-state index in [-0.39, 0.29) is 23.6 Å². The molecule has 0 atom stereocenters. The van der Waals surface area contributed by atoms with Gasteiger partial charge >= 0.3 is 5.69 Å². The molecule has 0 unspecified atom stereocenters. The number of nitriles is 1. The monoisotopic (exact) mass is 387 g/mol. The minimum Gasteiger partial charge on any atom is -0.482 e. The Balaban J connectivity index is 2.92. The van der Waals surface area contributed by atoms with Crippen LogP contribution in [-0.4, -0.2) is 24.6 Å². The summed E-state index contributed by atoms with van der Waals surface area (Å²) in [4.78, 5) is 10.5. The van der Waals surface area contributed by atoms with Gasteiger partial charge in [0.15, 0.2) is 0 Å². The van der Waals surface area contributed by atoms with E-state index in [2.05, 4.69) is 11.9 Å². The van der Waals surface area contributed by atoms with E-state index in [1.54, 1.807) is 6.07 Å². The number of likely N-dealkylation sites (N-methyl/N-ethyl adjacent to an activating group) is 1. The topological polar surface area (TPSA) is 88.2 Å². The molecule has 1 N–H and O–H groups in total. The highest BCUT2D eigenvalue weighted by molar-refractivity contribution is 14.1. The van der Waals surface area contributed by atoms with Crippen LogP contribution in [0.3, 0.4) is 0 Å². The molecule has 106 valence electrons. The van der Waals surface area contributed by atoms with Crippen molar-refractivity contribution in [3.8, 4) is 11.8 Å². The maximum Gasteiger partial charge on any atom is 0.313 e. The number of nitro benzene ring substituents is 1. The number of nitro groups is 1. The Bertz CT molecular complexity index is 567. The molecule has 0 radical (unpaired) electrons. The molecule has 20 heavy (non-hydrogen) atoms. The molecule has 0 saturated carbocycles. The van der Waals surface area contributed by atoms with Crippen LogP contribution in [0, 0.1) is 25.0 Å². The molecule has 0 spiro atoms. The molecule has 1 aromatic carbocycles. The van der Waals surface area contributed by atoms with Crippen LogP contribution < -0.4 is 10.1 Å². The quantitative estimate of drug-likeness (QED) is 0.336. The van der Waals surface area contributed by atoms with E-state index < -0.39 is 4.92 Å². The van der Waals surface area contributed by atoms with Gasteiger partial charge in [-0.2, -0.15) is 5.26 Å². The number of halogens is 1. The molecule has 7 heteroatoms. The van der Waals surface area contributed by atoms with Gasteiger partial charge in [0, 0.05) is 12.6 Å². The Hall–Kier alpha value is -1.66. The van der Waals surface area contributed by atoms with E-state index in [9.17, 15) is 10.1 Å². The van der Waals surface area contributed by atoms with Crippen LogP contribution in [0.25, 0.3) is 0 Å². The van der Waals surface area contributed by atoms with Gasteiger partial charge in [-0.15, -0.1) is 0 Å². The molecule has 0 aromatic heterocycles. The molecule has 0 bridgehead atoms. The summed E-state index contributed by atoms with van der Waals surface area (Å²) in [5.41, 5.74) is 0.825. The number of rotatable bonds is 7. The van der Waals surface area contributed by atoms with E-state index in [1.165, 1.54) is 6.07 Å². The van der Waals surface area contributed by atoms with Gasteiger partial charge in [-0.05, 0) is 40.8 Å². The molecule has 0 heterocycles. The van der Waals surface area contributed by atoms with Crippen molar-refractivity contribution >= 4 is 28.3 Å². The van der Waals surface area contributed by atoms with Gasteiger partial charge in [0.2, 0.25) is 5.75 Å². The first-order chi connectivity index (χ1) is 9.49. The molecule has 1 rings (SSSR count). The fourth-order valence-corrected chi connectivity index (χ4v) is 2.22. The van der Waals surface area contributed by atoms with E-state index >= 15 is 0 Å². The number of benzene rings is 1. The van der Waals surface area contributed by atoms with Crippen molar-refractivity contribution in [2.24, 2.45) is 0 Å². The average Bonchev–Trinajstić information content (AvgIpc) is 2.42. The zero-order chi connectivity index (χ0) is 15.1. The summed E-state index contributed by atoms with van der Waals surface area (Å²) < 4.78 is 6.02. The lowest BCUT2D eigenvalue weighted by atomic mass is 10.2. The lowest BCUT2D eigenvalue weighted by Gasteiger charge is -2.11. The van der Waals surface area contributed by atoms with Gasteiger partial charge in [0.25, 0.3) is 0 Å². The van der Waals surface area contributed by atoms with E-state index in [1.807, 2.05) is 35.6 Å². The Morgan fingerprint density at radius 2 is 2.35 bits per heavy atom. The van der Waals surface area contributed by atoms with E-state index in [0.717, 1.165) is 12.1 Å². The molecule has 0 saturated heterocycles. The summed E-state index contributed by atoms with van der Waals surface area (Å²) in [5.74, 6) is 0.173. The van der Waals surface area contributed by atoms with Crippen LogP contribution in [0.4, 0.5) is 5.69 Å². The Labute approximate surface area is 130 Å². The molecular weight excluding hydrogens is 373 g/mol. The van der Waals surface area contributed by atoms with Crippen LogP contribution >= 0.6 is 22.6 Å². The van der Waals surface area contributed by atoms with Gasteiger partial charge in [-0.3, -0.25) is 10.1 Å². The second-order valence-corrected chi connectivity index (χ2v) is 5.16. The largest absolute Gasteiger partial charge is 0.482 e. The fourth-order valence-electron chi connectivity index (χ4n) is 1.45. The predicted octanol–water partition coefficient (Wildman–Crippen LogP) is 2.62. The minimum absolute atomic E-state index is 0.173. The molecule has 0 aliphatic heterocycles. The van der Waals surface area contributed by atoms with Gasteiger partial charge in [-0.1, -0.05) is 13.5 Å². The van der Waals surface area contributed by atoms with Crippen LogP contribution in [-0.2, 0) is 0 Å². The van der Waals surface area contributed by atoms with Crippen LogP contribution in [0.5, 0.6) is 5.75 Å². The Kier molecular flexibility index (Phi) is 6.41. The second-order valence-electron chi connectivity index (χ2n) is 3.99. The predicted molar refractivity (Wildman–Crippen MR) is 83.7 cm³/mol. The summed E-state index contributed by atoms with van der Waals surface area (Å²) >= 11 is 1.92. The molecule has 1 aromatic rings. The van der Waals surface area contributed by atoms with Crippen molar-refractivity contribution in [3.63, 3.8) is 0 Å².